The van der Waals surface area contributed by atoms with Crippen LogP contribution in [0.1, 0.15) is 74.0 Å². The van der Waals surface area contributed by atoms with E-state index in [4.69, 9.17) is 0 Å². The van der Waals surface area contributed by atoms with Crippen molar-refractivity contribution in [1.29, 1.82) is 0 Å². The first-order chi connectivity index (χ1) is 10.5. The number of carbonyl (C=O) groups is 1. The van der Waals surface area contributed by atoms with E-state index < -0.39 is 0 Å². The van der Waals surface area contributed by atoms with Crippen LogP contribution in [-0.4, -0.2) is 46.8 Å². The van der Waals surface area contributed by atoms with E-state index in [9.17, 15) is 4.79 Å². The Kier molecular flexibility index (Phi) is 4.26. The smallest absolute Gasteiger partial charge is 0.255 e. The van der Waals surface area contributed by atoms with Crippen LogP contribution in [0.4, 0.5) is 0 Å². The largest absolute Gasteiger partial charge is 0.348 e. The Bertz CT molecular complexity index is 545. The van der Waals surface area contributed by atoms with Gasteiger partial charge in [0.15, 0.2) is 0 Å². The normalized spacial score (nSPS) is 25.2. The SMILES string of the molecule is CC(C)n1ncc(C(=O)N[C@@H]2CCC[C@H]2N(C)C)c1C1CC1. The molecule has 0 bridgehead atoms. The maximum absolute atomic E-state index is 12.8. The second-order valence-electron chi connectivity index (χ2n) is 7.30. The average Bonchev–Trinajstić information content (AvgIpc) is 3.01. The molecule has 3 rings (SSSR count). The average molecular weight is 304 g/mol. The van der Waals surface area contributed by atoms with Gasteiger partial charge < -0.3 is 10.2 Å². The molecule has 22 heavy (non-hydrogen) atoms. The summed E-state index contributed by atoms with van der Waals surface area (Å²) in [5, 5.41) is 7.74. The summed E-state index contributed by atoms with van der Waals surface area (Å²) in [6.45, 7) is 4.25. The zero-order chi connectivity index (χ0) is 15.9. The van der Waals surface area contributed by atoms with Gasteiger partial charge in [0.05, 0.1) is 17.5 Å². The molecule has 2 saturated carbocycles. The quantitative estimate of drug-likeness (QED) is 0.909. The maximum atomic E-state index is 12.8. The maximum Gasteiger partial charge on any atom is 0.255 e. The highest BCUT2D eigenvalue weighted by Crippen LogP contribution is 2.42. The molecule has 122 valence electrons. The standard InChI is InChI=1S/C17H28N4O/c1-11(2)21-16(12-8-9-12)13(10-18-21)17(22)19-14-6-5-7-15(14)20(3)4/h10-12,14-15H,5-9H2,1-4H3,(H,19,22)/t14-,15-/m1/s1. The van der Waals surface area contributed by atoms with Gasteiger partial charge in [0.25, 0.3) is 5.91 Å². The zero-order valence-corrected chi connectivity index (χ0v) is 14.2. The third-order valence-electron chi connectivity index (χ3n) is 4.99. The Balaban J connectivity index is 1.78. The van der Waals surface area contributed by atoms with Crippen molar-refractivity contribution in [1.82, 2.24) is 20.0 Å². The molecule has 0 spiro atoms. The van der Waals surface area contributed by atoms with Gasteiger partial charge in [-0.3, -0.25) is 9.48 Å². The fourth-order valence-corrected chi connectivity index (χ4v) is 3.69. The number of carbonyl (C=O) groups excluding carboxylic acids is 1. The molecule has 2 aliphatic carbocycles. The predicted octanol–water partition coefficient (Wildman–Crippen LogP) is 2.55. The van der Waals surface area contributed by atoms with E-state index in [0.29, 0.717) is 18.0 Å². The summed E-state index contributed by atoms with van der Waals surface area (Å²) >= 11 is 0. The molecule has 2 aliphatic rings. The molecule has 2 fully saturated rings. The van der Waals surface area contributed by atoms with E-state index >= 15 is 0 Å². The highest BCUT2D eigenvalue weighted by Gasteiger charge is 2.35. The second kappa shape index (κ2) is 6.03. The minimum atomic E-state index is 0.0625. The van der Waals surface area contributed by atoms with Crippen LogP contribution < -0.4 is 5.32 Å². The lowest BCUT2D eigenvalue weighted by Gasteiger charge is -2.27. The number of rotatable bonds is 5. The van der Waals surface area contributed by atoms with Crippen molar-refractivity contribution in [2.75, 3.05) is 14.1 Å². The van der Waals surface area contributed by atoms with Crippen molar-refractivity contribution in [3.8, 4) is 0 Å². The van der Waals surface area contributed by atoms with Crippen molar-refractivity contribution >= 4 is 5.91 Å². The third kappa shape index (κ3) is 2.91. The lowest BCUT2D eigenvalue weighted by molar-refractivity contribution is 0.0918. The first-order valence-electron chi connectivity index (χ1n) is 8.53. The molecule has 1 heterocycles. The molecule has 1 N–H and O–H groups in total. The summed E-state index contributed by atoms with van der Waals surface area (Å²) in [6, 6.07) is 1.02. The number of hydrogen-bond donors (Lipinski definition) is 1. The van der Waals surface area contributed by atoms with Crippen LogP contribution in [-0.2, 0) is 0 Å². The Labute approximate surface area is 133 Å². The number of aromatic nitrogens is 2. The van der Waals surface area contributed by atoms with Crippen molar-refractivity contribution < 1.29 is 4.79 Å². The van der Waals surface area contributed by atoms with E-state index in [2.05, 4.69) is 43.3 Å². The number of hydrogen-bond acceptors (Lipinski definition) is 3. The van der Waals surface area contributed by atoms with E-state index in [1.807, 2.05) is 4.68 Å². The van der Waals surface area contributed by atoms with Gasteiger partial charge in [0, 0.05) is 24.0 Å². The van der Waals surface area contributed by atoms with Gasteiger partial charge in [-0.25, -0.2) is 0 Å². The van der Waals surface area contributed by atoms with Crippen molar-refractivity contribution in [2.45, 2.75) is 70.0 Å². The van der Waals surface area contributed by atoms with Crippen LogP contribution >= 0.6 is 0 Å². The third-order valence-corrected chi connectivity index (χ3v) is 4.99. The molecule has 0 saturated heterocycles. The van der Waals surface area contributed by atoms with Gasteiger partial charge in [-0.15, -0.1) is 0 Å². The summed E-state index contributed by atoms with van der Waals surface area (Å²) in [7, 11) is 4.20. The minimum absolute atomic E-state index is 0.0625. The zero-order valence-electron chi connectivity index (χ0n) is 14.2. The fraction of sp³-hybridized carbons (Fsp3) is 0.765. The van der Waals surface area contributed by atoms with Gasteiger partial charge in [0.2, 0.25) is 0 Å². The van der Waals surface area contributed by atoms with E-state index in [-0.39, 0.29) is 11.9 Å². The monoisotopic (exact) mass is 304 g/mol. The Morgan fingerprint density at radius 2 is 2.05 bits per heavy atom. The summed E-state index contributed by atoms with van der Waals surface area (Å²) in [6.07, 6.45) is 7.56. The van der Waals surface area contributed by atoms with Crippen molar-refractivity contribution in [2.24, 2.45) is 0 Å². The summed E-state index contributed by atoms with van der Waals surface area (Å²) in [5.74, 6) is 0.589. The summed E-state index contributed by atoms with van der Waals surface area (Å²) in [5.41, 5.74) is 1.94. The molecule has 0 aliphatic heterocycles. The molecular formula is C17H28N4O. The number of nitrogens with one attached hydrogen (secondary N) is 1. The van der Waals surface area contributed by atoms with Crippen LogP contribution in [0.3, 0.4) is 0 Å². The molecule has 1 amide bonds. The van der Waals surface area contributed by atoms with Gasteiger partial charge in [-0.1, -0.05) is 0 Å². The molecule has 0 aromatic carbocycles. The van der Waals surface area contributed by atoms with Crippen LogP contribution in [0, 0.1) is 0 Å². The Morgan fingerprint density at radius 1 is 1.32 bits per heavy atom. The molecule has 1 aromatic rings. The topological polar surface area (TPSA) is 50.2 Å². The minimum Gasteiger partial charge on any atom is -0.348 e. The van der Waals surface area contributed by atoms with Crippen molar-refractivity contribution in [3.63, 3.8) is 0 Å². The second-order valence-corrected chi connectivity index (χ2v) is 7.30. The first-order valence-corrected chi connectivity index (χ1v) is 8.53. The Morgan fingerprint density at radius 3 is 2.64 bits per heavy atom. The highest BCUT2D eigenvalue weighted by atomic mass is 16.1. The highest BCUT2D eigenvalue weighted by molar-refractivity contribution is 5.95. The van der Waals surface area contributed by atoms with E-state index in [1.54, 1.807) is 6.20 Å². The van der Waals surface area contributed by atoms with Crippen LogP contribution in [0.2, 0.25) is 0 Å². The van der Waals surface area contributed by atoms with E-state index in [0.717, 1.165) is 17.7 Å². The number of amides is 1. The molecule has 2 atom stereocenters. The summed E-state index contributed by atoms with van der Waals surface area (Å²) in [4.78, 5) is 15.0. The lowest BCUT2D eigenvalue weighted by Crippen LogP contribution is -2.46. The van der Waals surface area contributed by atoms with Gasteiger partial charge in [-0.2, -0.15) is 5.10 Å². The molecule has 0 radical (unpaired) electrons. The molecule has 5 heteroatoms. The number of likely N-dealkylation sites (N-methyl/N-ethyl adjacent to an activating group) is 1. The first kappa shape index (κ1) is 15.5. The Hall–Kier alpha value is -1.36. The van der Waals surface area contributed by atoms with Gasteiger partial charge in [-0.05, 0) is 60.0 Å². The van der Waals surface area contributed by atoms with Crippen LogP contribution in [0.25, 0.3) is 0 Å². The number of nitrogens with zero attached hydrogens (tertiary/aromatic N) is 3. The van der Waals surface area contributed by atoms with Crippen molar-refractivity contribution in [3.05, 3.63) is 17.5 Å². The van der Waals surface area contributed by atoms with E-state index in [1.165, 1.54) is 25.7 Å². The molecular weight excluding hydrogens is 276 g/mol. The van der Waals surface area contributed by atoms with Crippen LogP contribution in [0.15, 0.2) is 6.20 Å². The van der Waals surface area contributed by atoms with Crippen LogP contribution in [0.5, 0.6) is 0 Å². The summed E-state index contributed by atoms with van der Waals surface area (Å²) < 4.78 is 2.03. The lowest BCUT2D eigenvalue weighted by atomic mass is 10.1. The fourth-order valence-electron chi connectivity index (χ4n) is 3.69. The molecule has 5 nitrogen and oxygen atoms in total. The van der Waals surface area contributed by atoms with Gasteiger partial charge >= 0.3 is 0 Å². The van der Waals surface area contributed by atoms with Gasteiger partial charge in [0.1, 0.15) is 0 Å². The molecule has 0 unspecified atom stereocenters. The molecule has 1 aromatic heterocycles. The predicted molar refractivity (Wildman–Crippen MR) is 87.2 cm³/mol.